The summed E-state index contributed by atoms with van der Waals surface area (Å²) >= 11 is 0. The van der Waals surface area contributed by atoms with Gasteiger partial charge in [0.1, 0.15) is 17.4 Å². The molecule has 1 aromatic carbocycles. The number of nitrogens with two attached hydrogens (primary N) is 1. The number of benzene rings is 1. The molecule has 0 radical (unpaired) electrons. The Kier molecular flexibility index (Phi) is 3.26. The van der Waals surface area contributed by atoms with Crippen LogP contribution < -0.4 is 10.5 Å². The summed E-state index contributed by atoms with van der Waals surface area (Å²) in [4.78, 5) is 4.52. The highest BCUT2D eigenvalue weighted by molar-refractivity contribution is 5.48. The van der Waals surface area contributed by atoms with E-state index in [0.29, 0.717) is 22.9 Å². The molecule has 0 fully saturated rings. The van der Waals surface area contributed by atoms with Gasteiger partial charge in [0.15, 0.2) is 0 Å². The number of rotatable bonds is 2. The first-order valence-electron chi connectivity index (χ1n) is 6.72. The second-order valence-corrected chi connectivity index (χ2v) is 4.94. The van der Waals surface area contributed by atoms with Crippen LogP contribution in [0.2, 0.25) is 0 Å². The highest BCUT2D eigenvalue weighted by Gasteiger charge is 2.16. The minimum Gasteiger partial charge on any atom is -0.438 e. The summed E-state index contributed by atoms with van der Waals surface area (Å²) < 4.78 is 5.73. The second kappa shape index (κ2) is 5.22. The molecule has 4 heteroatoms. The maximum absolute atomic E-state index is 9.26. The van der Waals surface area contributed by atoms with Gasteiger partial charge in [0.05, 0.1) is 0 Å². The predicted molar refractivity (Wildman–Crippen MR) is 76.5 cm³/mol. The van der Waals surface area contributed by atoms with Gasteiger partial charge in [-0.1, -0.05) is 6.07 Å². The molecule has 0 unspecified atom stereocenters. The van der Waals surface area contributed by atoms with E-state index in [2.05, 4.69) is 11.1 Å². The molecule has 0 atom stereocenters. The van der Waals surface area contributed by atoms with Crippen molar-refractivity contribution >= 4 is 5.69 Å². The van der Waals surface area contributed by atoms with Crippen LogP contribution in [0.1, 0.15) is 29.7 Å². The normalized spacial score (nSPS) is 13.3. The van der Waals surface area contributed by atoms with Crippen LogP contribution in [0.3, 0.4) is 0 Å². The molecule has 1 aromatic heterocycles. The third kappa shape index (κ3) is 2.43. The molecule has 0 spiro atoms. The van der Waals surface area contributed by atoms with Crippen molar-refractivity contribution in [3.63, 3.8) is 0 Å². The number of aromatic nitrogens is 1. The molecule has 100 valence electrons. The molecule has 4 nitrogen and oxygen atoms in total. The lowest BCUT2D eigenvalue weighted by atomic mass is 9.95. The number of nitriles is 1. The number of anilines is 1. The van der Waals surface area contributed by atoms with Crippen LogP contribution in [0.15, 0.2) is 30.3 Å². The Labute approximate surface area is 117 Å². The number of aryl methyl sites for hydroxylation is 2. The number of ether oxygens (including phenoxy) is 1. The van der Waals surface area contributed by atoms with Gasteiger partial charge in [0.25, 0.3) is 0 Å². The molecule has 0 bridgehead atoms. The highest BCUT2D eigenvalue weighted by atomic mass is 16.5. The van der Waals surface area contributed by atoms with Crippen molar-refractivity contribution in [1.29, 1.82) is 5.26 Å². The van der Waals surface area contributed by atoms with E-state index in [1.165, 1.54) is 5.56 Å². The summed E-state index contributed by atoms with van der Waals surface area (Å²) in [5, 5.41) is 9.26. The zero-order valence-electron chi connectivity index (χ0n) is 11.1. The smallest absolute Gasteiger partial charge is 0.237 e. The van der Waals surface area contributed by atoms with E-state index < -0.39 is 0 Å². The van der Waals surface area contributed by atoms with Crippen LogP contribution >= 0.6 is 0 Å². The quantitative estimate of drug-likeness (QED) is 0.846. The molecule has 1 aliphatic rings. The molecule has 0 saturated carbocycles. The van der Waals surface area contributed by atoms with E-state index in [1.54, 1.807) is 18.2 Å². The number of nitrogens with zero attached hydrogens (tertiary/aromatic N) is 2. The number of pyridine rings is 1. The van der Waals surface area contributed by atoms with Crippen molar-refractivity contribution in [2.75, 3.05) is 5.73 Å². The molecular weight excluding hydrogens is 250 g/mol. The Balaban J connectivity index is 1.98. The summed E-state index contributed by atoms with van der Waals surface area (Å²) in [6, 6.07) is 11.2. The van der Waals surface area contributed by atoms with E-state index in [9.17, 15) is 5.26 Å². The molecule has 0 amide bonds. The van der Waals surface area contributed by atoms with Crippen LogP contribution in [0, 0.1) is 11.3 Å². The third-order valence-corrected chi connectivity index (χ3v) is 3.46. The van der Waals surface area contributed by atoms with Gasteiger partial charge in [-0.2, -0.15) is 5.26 Å². The first kappa shape index (κ1) is 12.5. The van der Waals surface area contributed by atoms with Gasteiger partial charge in [-0.15, -0.1) is 0 Å². The van der Waals surface area contributed by atoms with E-state index in [0.717, 1.165) is 31.4 Å². The second-order valence-electron chi connectivity index (χ2n) is 4.94. The van der Waals surface area contributed by atoms with E-state index in [-0.39, 0.29) is 0 Å². The van der Waals surface area contributed by atoms with Gasteiger partial charge in [-0.25, -0.2) is 4.98 Å². The van der Waals surface area contributed by atoms with E-state index in [1.807, 2.05) is 12.1 Å². The Morgan fingerprint density at radius 3 is 2.85 bits per heavy atom. The monoisotopic (exact) mass is 265 g/mol. The Morgan fingerprint density at radius 2 is 2.05 bits per heavy atom. The fourth-order valence-electron chi connectivity index (χ4n) is 2.46. The Bertz CT molecular complexity index is 689. The number of hydrogen-bond acceptors (Lipinski definition) is 4. The molecule has 0 saturated heterocycles. The zero-order valence-corrected chi connectivity index (χ0v) is 11.1. The molecule has 2 N–H and O–H groups in total. The van der Waals surface area contributed by atoms with Crippen molar-refractivity contribution < 1.29 is 4.74 Å². The molecule has 3 rings (SSSR count). The fraction of sp³-hybridized carbons (Fsp3) is 0.250. The first-order chi connectivity index (χ1) is 9.76. The van der Waals surface area contributed by atoms with Crippen LogP contribution in [-0.4, -0.2) is 4.98 Å². The summed E-state index contributed by atoms with van der Waals surface area (Å²) in [5.41, 5.74) is 9.06. The average molecular weight is 265 g/mol. The Morgan fingerprint density at radius 1 is 1.20 bits per heavy atom. The SMILES string of the molecule is N#Cc1cc2c(nc1Oc1cccc(N)c1)CCCC2. The highest BCUT2D eigenvalue weighted by Crippen LogP contribution is 2.29. The number of fused-ring (bicyclic) bond motifs is 1. The standard InChI is InChI=1S/C16H15N3O/c17-10-12-8-11-4-1-2-7-15(11)19-16(12)20-14-6-3-5-13(18)9-14/h3,5-6,8-9H,1-2,4,7,18H2. The summed E-state index contributed by atoms with van der Waals surface area (Å²) in [6.45, 7) is 0. The van der Waals surface area contributed by atoms with Crippen molar-refractivity contribution in [1.82, 2.24) is 4.98 Å². The molecule has 2 aromatic rings. The molecule has 1 heterocycles. The molecule has 1 aliphatic carbocycles. The first-order valence-corrected chi connectivity index (χ1v) is 6.72. The summed E-state index contributed by atoms with van der Waals surface area (Å²) in [7, 11) is 0. The van der Waals surface area contributed by atoms with Crippen LogP contribution in [-0.2, 0) is 12.8 Å². The summed E-state index contributed by atoms with van der Waals surface area (Å²) in [6.07, 6.45) is 4.25. The van der Waals surface area contributed by atoms with Gasteiger partial charge >= 0.3 is 0 Å². The van der Waals surface area contributed by atoms with Crippen molar-refractivity contribution in [3.8, 4) is 17.7 Å². The lowest BCUT2D eigenvalue weighted by Crippen LogP contribution is -2.07. The van der Waals surface area contributed by atoms with Crippen molar-refractivity contribution in [2.45, 2.75) is 25.7 Å². The minimum absolute atomic E-state index is 0.374. The topological polar surface area (TPSA) is 71.9 Å². The fourth-order valence-corrected chi connectivity index (χ4v) is 2.46. The van der Waals surface area contributed by atoms with Crippen molar-refractivity contribution in [2.24, 2.45) is 0 Å². The largest absolute Gasteiger partial charge is 0.438 e. The minimum atomic E-state index is 0.374. The lowest BCUT2D eigenvalue weighted by molar-refractivity contribution is 0.456. The van der Waals surface area contributed by atoms with Gasteiger partial charge in [0.2, 0.25) is 5.88 Å². The average Bonchev–Trinajstić information content (AvgIpc) is 2.46. The maximum atomic E-state index is 9.26. The van der Waals surface area contributed by atoms with E-state index in [4.69, 9.17) is 10.5 Å². The summed E-state index contributed by atoms with van der Waals surface area (Å²) in [5.74, 6) is 0.975. The van der Waals surface area contributed by atoms with Crippen LogP contribution in [0.5, 0.6) is 11.6 Å². The van der Waals surface area contributed by atoms with E-state index >= 15 is 0 Å². The Hall–Kier alpha value is -2.54. The van der Waals surface area contributed by atoms with Gasteiger partial charge < -0.3 is 10.5 Å². The maximum Gasteiger partial charge on any atom is 0.237 e. The van der Waals surface area contributed by atoms with Crippen molar-refractivity contribution in [3.05, 3.63) is 47.2 Å². The number of hydrogen-bond donors (Lipinski definition) is 1. The van der Waals surface area contributed by atoms with Gasteiger partial charge in [-0.3, -0.25) is 0 Å². The third-order valence-electron chi connectivity index (χ3n) is 3.46. The molecule has 0 aliphatic heterocycles. The van der Waals surface area contributed by atoms with Gasteiger partial charge in [-0.05, 0) is 49.4 Å². The lowest BCUT2D eigenvalue weighted by Gasteiger charge is -2.16. The van der Waals surface area contributed by atoms with Crippen LogP contribution in [0.4, 0.5) is 5.69 Å². The van der Waals surface area contributed by atoms with Crippen LogP contribution in [0.25, 0.3) is 0 Å². The van der Waals surface area contributed by atoms with Gasteiger partial charge in [0, 0.05) is 17.4 Å². The number of nitrogen functional groups attached to an aromatic ring is 1. The molecule has 20 heavy (non-hydrogen) atoms. The molecular formula is C16H15N3O. The zero-order chi connectivity index (χ0) is 13.9. The predicted octanol–water partition coefficient (Wildman–Crippen LogP) is 3.21.